The van der Waals surface area contributed by atoms with Crippen molar-refractivity contribution < 1.29 is 0 Å². The van der Waals surface area contributed by atoms with Gasteiger partial charge in [-0.25, -0.2) is 14.1 Å². The van der Waals surface area contributed by atoms with Gasteiger partial charge < -0.3 is 0 Å². The summed E-state index contributed by atoms with van der Waals surface area (Å²) in [6, 6.07) is 0. The van der Waals surface area contributed by atoms with E-state index in [-0.39, 0.29) is 0 Å². The van der Waals surface area contributed by atoms with E-state index in [1.54, 1.807) is 0 Å². The summed E-state index contributed by atoms with van der Waals surface area (Å²) >= 11 is 3.44. The highest BCUT2D eigenvalue weighted by molar-refractivity contribution is 9.24. The monoisotopic (exact) mass is 641 g/mol. The summed E-state index contributed by atoms with van der Waals surface area (Å²) in [6.45, 7) is 9.75. The van der Waals surface area contributed by atoms with Gasteiger partial charge in [-0.05, 0) is 0 Å². The maximum absolute atomic E-state index is 4.23. The molecule has 2 heteroatoms. The Labute approximate surface area is 267 Å². The minimum Gasteiger partial charge on any atom is -0.216 e. The third-order valence-electron chi connectivity index (χ3n) is 9.58. The Morgan fingerprint density at radius 3 is 0.850 bits per heavy atom. The second-order valence-corrected chi connectivity index (χ2v) is 20.6. The highest BCUT2D eigenvalue weighted by atomic mass is 79.9. The van der Waals surface area contributed by atoms with E-state index < -0.39 is 12.3 Å². The Morgan fingerprint density at radius 1 is 0.350 bits per heavy atom. The second-order valence-electron chi connectivity index (χ2n) is 14.2. The van der Waals surface area contributed by atoms with E-state index in [2.05, 4.69) is 41.7 Å². The molecule has 0 spiro atoms. The molecule has 0 aromatic rings. The fraction of sp³-hybridized carbons (Fsp3) is 1.00. The molecular weight excluding hydrogens is 563 g/mol. The minimum atomic E-state index is -0.785. The molecular formula is C38H78AlBr. The maximum atomic E-state index is 4.23. The summed E-state index contributed by atoms with van der Waals surface area (Å²) < 4.78 is 0.589. The van der Waals surface area contributed by atoms with Gasteiger partial charge in [0.05, 0.1) is 0 Å². The Kier molecular flexibility index (Phi) is 33.7. The molecule has 0 rings (SSSR count). The summed E-state index contributed by atoms with van der Waals surface area (Å²) in [5.41, 5.74) is 0. The highest BCUT2D eigenvalue weighted by Crippen LogP contribution is 2.40. The summed E-state index contributed by atoms with van der Waals surface area (Å²) in [6.07, 6.45) is 47.0. The zero-order valence-corrected chi connectivity index (χ0v) is 31.5. The van der Waals surface area contributed by atoms with Gasteiger partial charge in [-0.15, -0.1) is 0 Å². The standard InChI is InChI=1S/C20H41.C18H37.Al.BrH/c1-4-5-6-7-8-9-10-11-12-13-14-15-16-17-18-19-20(2)3;1-3-5-7-9-11-13-15-17-18-16-14-12-10-8-6-4-2;;/h4-19H2,1-3H3;1,3-18H2,2H3;;1H/q;;+1;/p-1. The van der Waals surface area contributed by atoms with E-state index in [1.807, 2.05) is 0 Å². The molecule has 0 radical (unpaired) electrons. The Morgan fingerprint density at radius 2 is 0.575 bits per heavy atom. The van der Waals surface area contributed by atoms with E-state index >= 15 is 0 Å². The van der Waals surface area contributed by atoms with Crippen molar-refractivity contribution in [1.82, 2.24) is 0 Å². The molecule has 0 amide bonds. The van der Waals surface area contributed by atoms with Crippen LogP contribution in [0.2, 0.25) is 9.56 Å². The van der Waals surface area contributed by atoms with Crippen LogP contribution in [0.15, 0.2) is 0 Å². The molecule has 40 heavy (non-hydrogen) atoms. The van der Waals surface area contributed by atoms with E-state index in [1.165, 1.54) is 211 Å². The molecule has 0 aromatic heterocycles. The van der Waals surface area contributed by atoms with Crippen LogP contribution < -0.4 is 0 Å². The molecule has 0 nitrogen and oxygen atoms in total. The fourth-order valence-corrected chi connectivity index (χ4v) is 9.97. The topological polar surface area (TPSA) is 0 Å². The fourth-order valence-electron chi connectivity index (χ4n) is 6.37. The van der Waals surface area contributed by atoms with Crippen LogP contribution in [-0.4, -0.2) is 12.3 Å². The van der Waals surface area contributed by atoms with Gasteiger partial charge in [0, 0.05) is 0 Å². The number of halogens is 1. The Hall–Kier alpha value is 1.01. The lowest BCUT2D eigenvalue weighted by Crippen LogP contribution is -2.21. The first-order chi connectivity index (χ1) is 19.5. The smallest absolute Gasteiger partial charge is 0.216 e. The lowest BCUT2D eigenvalue weighted by molar-refractivity contribution is 0.506. The van der Waals surface area contributed by atoms with Crippen molar-refractivity contribution in [2.45, 2.75) is 243 Å². The van der Waals surface area contributed by atoms with Gasteiger partial charge in [0.1, 0.15) is 0 Å². The largest absolute Gasteiger partial charge is 0.371 e. The molecule has 0 aliphatic rings. The number of rotatable bonds is 34. The van der Waals surface area contributed by atoms with Crippen molar-refractivity contribution in [1.29, 1.82) is 0 Å². The van der Waals surface area contributed by atoms with E-state index in [4.69, 9.17) is 0 Å². The summed E-state index contributed by atoms with van der Waals surface area (Å²) in [5, 5.41) is 1.50. The zero-order valence-electron chi connectivity index (χ0n) is 28.8. The Balaban J connectivity index is 3.40. The van der Waals surface area contributed by atoms with E-state index in [9.17, 15) is 0 Å². The van der Waals surface area contributed by atoms with Crippen LogP contribution in [0, 0.1) is 0 Å². The second kappa shape index (κ2) is 32.9. The van der Waals surface area contributed by atoms with Crippen LogP contribution >= 0.6 is 14.1 Å². The lowest BCUT2D eigenvalue weighted by Gasteiger charge is -2.27. The first-order valence-corrected chi connectivity index (χ1v) is 23.8. The molecule has 0 aliphatic heterocycles. The van der Waals surface area contributed by atoms with Crippen molar-refractivity contribution in [3.05, 3.63) is 0 Å². The molecule has 0 unspecified atom stereocenters. The molecule has 0 saturated heterocycles. The highest BCUT2D eigenvalue weighted by Gasteiger charge is 2.32. The summed E-state index contributed by atoms with van der Waals surface area (Å²) in [5.74, 6) is 0. The van der Waals surface area contributed by atoms with Gasteiger partial charge in [-0.1, -0.05) is 243 Å². The number of hydrogen-bond acceptors (Lipinski definition) is 0. The average molecular weight is 642 g/mol. The predicted octanol–water partition coefficient (Wildman–Crippen LogP) is 15.7. The summed E-state index contributed by atoms with van der Waals surface area (Å²) in [4.78, 5) is 0. The van der Waals surface area contributed by atoms with Gasteiger partial charge in [0.25, 0.3) is 0 Å². The van der Waals surface area contributed by atoms with E-state index in [0.717, 1.165) is 0 Å². The molecule has 0 aliphatic carbocycles. The van der Waals surface area contributed by atoms with Crippen LogP contribution in [0.1, 0.15) is 233 Å². The van der Waals surface area contributed by atoms with Crippen molar-refractivity contribution in [2.75, 3.05) is 0 Å². The molecule has 0 N–H and O–H groups in total. The van der Waals surface area contributed by atoms with Crippen LogP contribution in [0.4, 0.5) is 0 Å². The molecule has 0 heterocycles. The molecule has 240 valence electrons. The van der Waals surface area contributed by atoms with Gasteiger partial charge in [0.2, 0.25) is 0 Å². The quantitative estimate of drug-likeness (QED) is 0.0484. The van der Waals surface area contributed by atoms with Crippen molar-refractivity contribution in [2.24, 2.45) is 0 Å². The van der Waals surface area contributed by atoms with Crippen LogP contribution in [0.25, 0.3) is 0 Å². The summed E-state index contributed by atoms with van der Waals surface area (Å²) in [7, 11) is 0. The molecule has 0 bridgehead atoms. The van der Waals surface area contributed by atoms with E-state index in [0.29, 0.717) is 4.28 Å². The first kappa shape index (κ1) is 41.0. The molecule has 0 saturated carbocycles. The molecule has 0 fully saturated rings. The van der Waals surface area contributed by atoms with Gasteiger partial charge >= 0.3 is 12.3 Å². The van der Waals surface area contributed by atoms with Gasteiger partial charge in [0.15, 0.2) is 0 Å². The predicted molar refractivity (Wildman–Crippen MR) is 193 cm³/mol. The van der Waals surface area contributed by atoms with Crippen molar-refractivity contribution in [3.8, 4) is 0 Å². The first-order valence-electron chi connectivity index (χ1n) is 19.2. The van der Waals surface area contributed by atoms with Gasteiger partial charge in [-0.2, -0.15) is 0 Å². The lowest BCUT2D eigenvalue weighted by atomic mass is 10.0. The number of hydrogen-bond donors (Lipinski definition) is 0. The third kappa shape index (κ3) is 30.5. The SMILES string of the molecule is CCCCCCCCCCCCCCCCC[CH2][Al]([Br])[C](C)(C)CCCCCCCCCCCCCCCCC. The number of unbranched alkanes of at least 4 members (excludes halogenated alkanes) is 29. The molecule has 0 atom stereocenters. The zero-order chi connectivity index (χ0) is 29.4. The van der Waals surface area contributed by atoms with Crippen molar-refractivity contribution >= 4 is 26.4 Å². The minimum absolute atomic E-state index is 0.589. The Bertz CT molecular complexity index is 462. The maximum Gasteiger partial charge on any atom is 0.371 e. The van der Waals surface area contributed by atoms with Crippen LogP contribution in [-0.2, 0) is 0 Å². The van der Waals surface area contributed by atoms with Crippen molar-refractivity contribution in [3.63, 3.8) is 0 Å². The van der Waals surface area contributed by atoms with Gasteiger partial charge in [-0.3, -0.25) is 0 Å². The van der Waals surface area contributed by atoms with Crippen LogP contribution in [0.5, 0.6) is 0 Å². The average Bonchev–Trinajstić information content (AvgIpc) is 2.94. The molecule has 0 aromatic carbocycles. The van der Waals surface area contributed by atoms with Crippen LogP contribution in [0.3, 0.4) is 0 Å². The normalized spacial score (nSPS) is 11.9. The third-order valence-corrected chi connectivity index (χ3v) is 17.6.